The maximum absolute atomic E-state index is 12.4. The first-order valence-corrected chi connectivity index (χ1v) is 9.43. The van der Waals surface area contributed by atoms with Crippen LogP contribution >= 0.6 is 0 Å². The standard InChI is InChI=1S/C20H30O4/c1-12(21)11-20(3)13(10-18(23)24)4-5-14-15-6-7-17(22)19(15,2)9-8-16(14)20/h13-16H,4-11H2,1-3H3,(H,23,24)/t13-,14+,15-,16-,19+,20+/m0/s1. The minimum atomic E-state index is -0.759. The van der Waals surface area contributed by atoms with Gasteiger partial charge in [0.25, 0.3) is 0 Å². The lowest BCUT2D eigenvalue weighted by Crippen LogP contribution is -2.52. The fourth-order valence-corrected chi connectivity index (χ4v) is 6.66. The van der Waals surface area contributed by atoms with Crippen molar-refractivity contribution in [3.8, 4) is 0 Å². The monoisotopic (exact) mass is 334 g/mol. The first kappa shape index (κ1) is 17.6. The second kappa shape index (κ2) is 5.96. The number of rotatable bonds is 4. The molecule has 0 radical (unpaired) electrons. The Morgan fingerprint density at radius 2 is 1.83 bits per heavy atom. The molecule has 3 rings (SSSR count). The van der Waals surface area contributed by atoms with Crippen LogP contribution in [-0.4, -0.2) is 22.6 Å². The molecule has 0 bridgehead atoms. The SMILES string of the molecule is CC(=O)C[C@]1(C)[C@H](CC(=O)O)CC[C@H]2[C@@H]1CC[C@@]1(C)C(=O)CC[C@@H]21. The third-order valence-electron chi connectivity index (χ3n) is 7.83. The zero-order chi connectivity index (χ0) is 17.7. The lowest BCUT2D eigenvalue weighted by Gasteiger charge is -2.57. The number of carboxylic acid groups (broad SMARTS) is 1. The average molecular weight is 334 g/mol. The fourth-order valence-electron chi connectivity index (χ4n) is 6.66. The van der Waals surface area contributed by atoms with E-state index in [2.05, 4.69) is 13.8 Å². The number of aliphatic carboxylic acids is 1. The van der Waals surface area contributed by atoms with Crippen molar-refractivity contribution in [3.63, 3.8) is 0 Å². The molecule has 1 N–H and O–H groups in total. The lowest BCUT2D eigenvalue weighted by molar-refractivity contribution is -0.149. The summed E-state index contributed by atoms with van der Waals surface area (Å²) in [5.74, 6) is 1.18. The van der Waals surface area contributed by atoms with Crippen LogP contribution in [0.2, 0.25) is 0 Å². The number of Topliss-reactive ketones (excluding diaryl/α,β-unsaturated/α-hetero) is 2. The summed E-state index contributed by atoms with van der Waals surface area (Å²) in [5.41, 5.74) is -0.405. The van der Waals surface area contributed by atoms with Crippen LogP contribution in [0.3, 0.4) is 0 Å². The molecular weight excluding hydrogens is 304 g/mol. The second-order valence-corrected chi connectivity index (χ2v) is 9.05. The molecule has 0 amide bonds. The number of carbonyl (C=O) groups is 3. The van der Waals surface area contributed by atoms with Gasteiger partial charge in [0.15, 0.2) is 0 Å². The van der Waals surface area contributed by atoms with Crippen LogP contribution in [-0.2, 0) is 14.4 Å². The molecular formula is C20H30O4. The van der Waals surface area contributed by atoms with Gasteiger partial charge in [-0.05, 0) is 68.1 Å². The minimum absolute atomic E-state index is 0.0709. The summed E-state index contributed by atoms with van der Waals surface area (Å²) in [6, 6.07) is 0. The maximum Gasteiger partial charge on any atom is 0.303 e. The molecule has 4 heteroatoms. The largest absolute Gasteiger partial charge is 0.481 e. The molecule has 134 valence electrons. The van der Waals surface area contributed by atoms with E-state index in [0.29, 0.717) is 36.4 Å². The highest BCUT2D eigenvalue weighted by atomic mass is 16.4. The smallest absolute Gasteiger partial charge is 0.303 e. The molecule has 0 saturated heterocycles. The molecule has 0 unspecified atom stereocenters. The third-order valence-corrected chi connectivity index (χ3v) is 7.83. The Kier molecular flexibility index (Phi) is 4.38. The normalized spacial score (nSPS) is 44.7. The van der Waals surface area contributed by atoms with E-state index >= 15 is 0 Å². The van der Waals surface area contributed by atoms with Gasteiger partial charge in [0, 0.05) is 24.7 Å². The van der Waals surface area contributed by atoms with E-state index in [1.807, 2.05) is 0 Å². The van der Waals surface area contributed by atoms with Crippen molar-refractivity contribution in [2.75, 3.05) is 0 Å². The molecule has 0 spiro atoms. The number of carbonyl (C=O) groups excluding carboxylic acids is 2. The summed E-state index contributed by atoms with van der Waals surface area (Å²) >= 11 is 0. The van der Waals surface area contributed by atoms with E-state index in [1.165, 1.54) is 0 Å². The summed E-state index contributed by atoms with van der Waals surface area (Å²) in [6.45, 7) is 5.92. The van der Waals surface area contributed by atoms with E-state index in [0.717, 1.165) is 32.1 Å². The van der Waals surface area contributed by atoms with Gasteiger partial charge in [-0.3, -0.25) is 9.59 Å². The Bertz CT molecular complexity index is 568. The van der Waals surface area contributed by atoms with Crippen molar-refractivity contribution in [1.29, 1.82) is 0 Å². The van der Waals surface area contributed by atoms with Gasteiger partial charge in [-0.1, -0.05) is 13.8 Å². The van der Waals surface area contributed by atoms with E-state index in [4.69, 9.17) is 0 Å². The molecule has 24 heavy (non-hydrogen) atoms. The number of fused-ring (bicyclic) bond motifs is 3. The summed E-state index contributed by atoms with van der Waals surface area (Å²) in [5, 5.41) is 9.32. The maximum atomic E-state index is 12.4. The highest BCUT2D eigenvalue weighted by Gasteiger charge is 2.59. The van der Waals surface area contributed by atoms with Crippen LogP contribution in [0.15, 0.2) is 0 Å². The van der Waals surface area contributed by atoms with Gasteiger partial charge < -0.3 is 9.90 Å². The highest BCUT2D eigenvalue weighted by molar-refractivity contribution is 5.87. The van der Waals surface area contributed by atoms with Crippen molar-refractivity contribution in [3.05, 3.63) is 0 Å². The molecule has 0 aromatic rings. The highest BCUT2D eigenvalue weighted by Crippen LogP contribution is 2.64. The third kappa shape index (κ3) is 2.62. The van der Waals surface area contributed by atoms with Crippen molar-refractivity contribution >= 4 is 17.5 Å². The Morgan fingerprint density at radius 1 is 1.12 bits per heavy atom. The molecule has 3 fully saturated rings. The zero-order valence-electron chi connectivity index (χ0n) is 15.1. The number of ketones is 2. The Morgan fingerprint density at radius 3 is 2.46 bits per heavy atom. The van der Waals surface area contributed by atoms with Gasteiger partial charge in [-0.2, -0.15) is 0 Å². The van der Waals surface area contributed by atoms with Crippen LogP contribution in [0.25, 0.3) is 0 Å². The molecule has 3 aliphatic rings. The predicted octanol–water partition coefficient (Wildman–Crippen LogP) is 3.87. The van der Waals surface area contributed by atoms with E-state index < -0.39 is 5.97 Å². The van der Waals surface area contributed by atoms with Crippen molar-refractivity contribution in [2.24, 2.45) is 34.5 Å². The molecule has 4 nitrogen and oxygen atoms in total. The fraction of sp³-hybridized carbons (Fsp3) is 0.850. The lowest BCUT2D eigenvalue weighted by atomic mass is 9.46. The summed E-state index contributed by atoms with van der Waals surface area (Å²) < 4.78 is 0. The predicted molar refractivity (Wildman–Crippen MR) is 90.4 cm³/mol. The first-order valence-electron chi connectivity index (χ1n) is 9.43. The number of hydrogen-bond acceptors (Lipinski definition) is 3. The number of hydrogen-bond donors (Lipinski definition) is 1. The molecule has 0 aliphatic heterocycles. The van der Waals surface area contributed by atoms with E-state index in [1.54, 1.807) is 6.92 Å². The molecule has 3 saturated carbocycles. The minimum Gasteiger partial charge on any atom is -0.481 e. The Balaban J connectivity index is 1.92. The van der Waals surface area contributed by atoms with Gasteiger partial charge in [-0.15, -0.1) is 0 Å². The van der Waals surface area contributed by atoms with E-state index in [9.17, 15) is 19.5 Å². The Labute approximate surface area is 144 Å². The van der Waals surface area contributed by atoms with Crippen molar-refractivity contribution < 1.29 is 19.5 Å². The molecule has 0 aromatic carbocycles. The van der Waals surface area contributed by atoms with Crippen LogP contribution in [0.5, 0.6) is 0 Å². The summed E-state index contributed by atoms with van der Waals surface area (Å²) in [7, 11) is 0. The molecule has 6 atom stereocenters. The topological polar surface area (TPSA) is 71.4 Å². The van der Waals surface area contributed by atoms with Crippen LogP contribution in [0, 0.1) is 34.5 Å². The van der Waals surface area contributed by atoms with Gasteiger partial charge >= 0.3 is 5.97 Å². The average Bonchev–Trinajstić information content (AvgIpc) is 2.77. The number of carboxylic acids is 1. The van der Waals surface area contributed by atoms with E-state index in [-0.39, 0.29) is 29.0 Å². The second-order valence-electron chi connectivity index (χ2n) is 9.05. The van der Waals surface area contributed by atoms with Gasteiger partial charge in [-0.25, -0.2) is 0 Å². The van der Waals surface area contributed by atoms with Gasteiger partial charge in [0.2, 0.25) is 0 Å². The quantitative estimate of drug-likeness (QED) is 0.847. The Hall–Kier alpha value is -1.19. The van der Waals surface area contributed by atoms with Gasteiger partial charge in [0.1, 0.15) is 11.6 Å². The van der Waals surface area contributed by atoms with Crippen molar-refractivity contribution in [2.45, 2.75) is 72.1 Å². The van der Waals surface area contributed by atoms with Crippen LogP contribution in [0.4, 0.5) is 0 Å². The van der Waals surface area contributed by atoms with Crippen LogP contribution in [0.1, 0.15) is 72.1 Å². The zero-order valence-corrected chi connectivity index (χ0v) is 15.1. The molecule has 0 aromatic heterocycles. The van der Waals surface area contributed by atoms with Crippen molar-refractivity contribution in [1.82, 2.24) is 0 Å². The summed E-state index contributed by atoms with van der Waals surface area (Å²) in [6.07, 6.45) is 6.08. The first-order chi connectivity index (χ1) is 11.2. The van der Waals surface area contributed by atoms with Crippen LogP contribution < -0.4 is 0 Å². The molecule has 0 heterocycles. The molecule has 3 aliphatic carbocycles. The van der Waals surface area contributed by atoms with Gasteiger partial charge in [0.05, 0.1) is 0 Å². The summed E-state index contributed by atoms with van der Waals surface area (Å²) in [4.78, 5) is 35.7.